The quantitative estimate of drug-likeness (QED) is 0.399. The predicted octanol–water partition coefficient (Wildman–Crippen LogP) is 4.34. The van der Waals surface area contributed by atoms with Crippen LogP contribution in [0, 0.1) is 0 Å². The van der Waals surface area contributed by atoms with E-state index in [-0.39, 0.29) is 16.2 Å². The Balaban J connectivity index is 1.52. The summed E-state index contributed by atoms with van der Waals surface area (Å²) in [5.41, 5.74) is 1.48. The molecule has 2 heterocycles. The van der Waals surface area contributed by atoms with Crippen LogP contribution in [-0.4, -0.2) is 29.5 Å². The zero-order valence-corrected chi connectivity index (χ0v) is 18.9. The molecule has 0 bridgehead atoms. The van der Waals surface area contributed by atoms with Gasteiger partial charge in [-0.15, -0.1) is 11.3 Å². The van der Waals surface area contributed by atoms with Gasteiger partial charge in [0.1, 0.15) is 16.3 Å². The maximum Gasteiger partial charge on any atom is 0.265 e. The van der Waals surface area contributed by atoms with Crippen LogP contribution in [0.2, 0.25) is 9.36 Å². The van der Waals surface area contributed by atoms with Crippen molar-refractivity contribution in [2.75, 3.05) is 5.75 Å². The van der Waals surface area contributed by atoms with Gasteiger partial charge in [-0.2, -0.15) is 0 Å². The Morgan fingerprint density at radius 2 is 1.77 bits per heavy atom. The Morgan fingerprint density at radius 3 is 2.45 bits per heavy atom. The van der Waals surface area contributed by atoms with Crippen molar-refractivity contribution in [3.05, 3.63) is 86.2 Å². The van der Waals surface area contributed by atoms with Crippen LogP contribution >= 0.6 is 34.5 Å². The van der Waals surface area contributed by atoms with Gasteiger partial charge in [-0.1, -0.05) is 35.3 Å². The van der Waals surface area contributed by atoms with Crippen LogP contribution < -0.4 is 5.56 Å². The summed E-state index contributed by atoms with van der Waals surface area (Å²) < 4.78 is 26.5. The fourth-order valence-electron chi connectivity index (χ4n) is 3.08. The van der Waals surface area contributed by atoms with Crippen LogP contribution in [0.25, 0.3) is 16.6 Å². The molecule has 6 nitrogen and oxygen atoms in total. The summed E-state index contributed by atoms with van der Waals surface area (Å²) >= 11 is 12.7. The van der Waals surface area contributed by atoms with E-state index in [1.54, 1.807) is 42.5 Å². The maximum atomic E-state index is 12.7. The van der Waals surface area contributed by atoms with Crippen LogP contribution in [0.5, 0.6) is 0 Å². The second kappa shape index (κ2) is 8.55. The first-order chi connectivity index (χ1) is 14.7. The lowest BCUT2D eigenvalue weighted by Gasteiger charge is -2.08. The van der Waals surface area contributed by atoms with Crippen LogP contribution in [0.15, 0.2) is 69.9 Å². The number of fused-ring (bicyclic) bond motifs is 1. The van der Waals surface area contributed by atoms with Crippen molar-refractivity contribution in [1.29, 1.82) is 0 Å². The fourth-order valence-corrected chi connectivity index (χ4v) is 6.06. The number of carbonyl (C=O) groups is 1. The van der Waals surface area contributed by atoms with Gasteiger partial charge in [-0.3, -0.25) is 14.2 Å². The molecule has 0 N–H and O–H groups in total. The van der Waals surface area contributed by atoms with E-state index in [0.717, 1.165) is 11.3 Å². The molecule has 31 heavy (non-hydrogen) atoms. The number of rotatable bonds is 6. The molecule has 0 fully saturated rings. The highest BCUT2D eigenvalue weighted by molar-refractivity contribution is 7.94. The van der Waals surface area contributed by atoms with Gasteiger partial charge >= 0.3 is 0 Å². The largest absolute Gasteiger partial charge is 0.298 e. The smallest absolute Gasteiger partial charge is 0.265 e. The summed E-state index contributed by atoms with van der Waals surface area (Å²) in [5, 5.41) is 0.931. The maximum absolute atomic E-state index is 12.7. The molecule has 0 atom stereocenters. The standard InChI is InChI=1S/C21H14Cl2N2O4S2/c22-14-3-6-17-18(10-14)24-12-25(21(17)27)15-4-1-13(2-5-15)9-16(26)11-31(28,29)20-8-7-19(23)30-20/h1-8,10,12H,9,11H2. The molecule has 2 aromatic carbocycles. The number of hydrogen-bond donors (Lipinski definition) is 0. The summed E-state index contributed by atoms with van der Waals surface area (Å²) in [7, 11) is -3.72. The van der Waals surface area contributed by atoms with E-state index >= 15 is 0 Å². The predicted molar refractivity (Wildman–Crippen MR) is 122 cm³/mol. The second-order valence-electron chi connectivity index (χ2n) is 6.78. The van der Waals surface area contributed by atoms with Crippen molar-refractivity contribution in [1.82, 2.24) is 9.55 Å². The van der Waals surface area contributed by atoms with E-state index < -0.39 is 21.4 Å². The van der Waals surface area contributed by atoms with E-state index in [4.69, 9.17) is 23.2 Å². The molecule has 0 amide bonds. The zero-order valence-electron chi connectivity index (χ0n) is 15.8. The fraction of sp³-hybridized carbons (Fsp3) is 0.0952. The number of halogens is 2. The normalized spacial score (nSPS) is 11.7. The lowest BCUT2D eigenvalue weighted by atomic mass is 10.1. The van der Waals surface area contributed by atoms with Gasteiger partial charge in [0.2, 0.25) is 0 Å². The highest BCUT2D eigenvalue weighted by atomic mass is 35.5. The van der Waals surface area contributed by atoms with Crippen LogP contribution in [0.4, 0.5) is 0 Å². The minimum Gasteiger partial charge on any atom is -0.298 e. The van der Waals surface area contributed by atoms with E-state index in [2.05, 4.69) is 4.98 Å². The summed E-state index contributed by atoms with van der Waals surface area (Å²) in [4.78, 5) is 29.3. The van der Waals surface area contributed by atoms with Gasteiger partial charge in [-0.25, -0.2) is 13.4 Å². The lowest BCUT2D eigenvalue weighted by Crippen LogP contribution is -2.19. The molecule has 0 aliphatic heterocycles. The number of benzene rings is 2. The molecule has 4 rings (SSSR count). The number of thiophene rings is 1. The van der Waals surface area contributed by atoms with Gasteiger partial charge in [-0.05, 0) is 48.0 Å². The van der Waals surface area contributed by atoms with E-state index in [1.165, 1.54) is 23.0 Å². The molecule has 0 spiro atoms. The summed E-state index contributed by atoms with van der Waals surface area (Å²) in [6, 6.07) is 14.5. The third-order valence-corrected chi connectivity index (χ3v) is 8.27. The SMILES string of the molecule is O=C(Cc1ccc(-n2cnc3cc(Cl)ccc3c2=O)cc1)CS(=O)(=O)c1ccc(Cl)s1. The first-order valence-electron chi connectivity index (χ1n) is 8.99. The molecule has 0 saturated heterocycles. The Kier molecular flexibility index (Phi) is 5.98. The molecule has 158 valence electrons. The molecular weight excluding hydrogens is 479 g/mol. The highest BCUT2D eigenvalue weighted by Gasteiger charge is 2.21. The number of ketones is 1. The Bertz CT molecular complexity index is 1460. The molecule has 0 unspecified atom stereocenters. The average Bonchev–Trinajstić information content (AvgIpc) is 3.16. The first kappa shape index (κ1) is 21.7. The molecule has 0 radical (unpaired) electrons. The molecule has 2 aromatic heterocycles. The van der Waals surface area contributed by atoms with Crippen LogP contribution in [0.3, 0.4) is 0 Å². The minimum atomic E-state index is -3.72. The first-order valence-corrected chi connectivity index (χ1v) is 12.2. The zero-order chi connectivity index (χ0) is 22.2. The van der Waals surface area contributed by atoms with Gasteiger partial charge in [0.15, 0.2) is 15.6 Å². The van der Waals surface area contributed by atoms with E-state index in [1.807, 2.05) is 0 Å². The lowest BCUT2D eigenvalue weighted by molar-refractivity contribution is -0.116. The molecule has 4 aromatic rings. The highest BCUT2D eigenvalue weighted by Crippen LogP contribution is 2.26. The molecular formula is C21H14Cl2N2O4S2. The second-order valence-corrected chi connectivity index (χ2v) is 11.1. The average molecular weight is 493 g/mol. The topological polar surface area (TPSA) is 86.1 Å². The van der Waals surface area contributed by atoms with Gasteiger partial charge < -0.3 is 0 Å². The summed E-state index contributed by atoms with van der Waals surface area (Å²) in [6.45, 7) is 0. The van der Waals surface area contributed by atoms with E-state index in [0.29, 0.717) is 31.5 Å². The summed E-state index contributed by atoms with van der Waals surface area (Å²) in [5.74, 6) is -1.03. The van der Waals surface area contributed by atoms with Crippen molar-refractivity contribution >= 4 is 61.1 Å². The van der Waals surface area contributed by atoms with Gasteiger partial charge in [0.05, 0.1) is 20.9 Å². The molecule has 0 aliphatic rings. The Hall–Kier alpha value is -2.52. The van der Waals surface area contributed by atoms with Crippen molar-refractivity contribution in [3.8, 4) is 5.69 Å². The molecule has 0 aliphatic carbocycles. The number of nitrogens with zero attached hydrogens (tertiary/aromatic N) is 2. The van der Waals surface area contributed by atoms with Gasteiger partial charge in [0.25, 0.3) is 5.56 Å². The Labute approximate surface area is 191 Å². The van der Waals surface area contributed by atoms with Crippen molar-refractivity contribution in [3.63, 3.8) is 0 Å². The monoisotopic (exact) mass is 492 g/mol. The number of aromatic nitrogens is 2. The minimum absolute atomic E-state index is 0.0397. The summed E-state index contributed by atoms with van der Waals surface area (Å²) in [6.07, 6.45) is 1.38. The number of carbonyl (C=O) groups excluding carboxylic acids is 1. The van der Waals surface area contributed by atoms with Crippen molar-refractivity contribution in [2.24, 2.45) is 0 Å². The number of sulfone groups is 1. The Morgan fingerprint density at radius 1 is 1.03 bits per heavy atom. The number of hydrogen-bond acceptors (Lipinski definition) is 6. The van der Waals surface area contributed by atoms with Crippen molar-refractivity contribution in [2.45, 2.75) is 10.6 Å². The van der Waals surface area contributed by atoms with Crippen molar-refractivity contribution < 1.29 is 13.2 Å². The molecule has 10 heteroatoms. The van der Waals surface area contributed by atoms with Crippen LogP contribution in [-0.2, 0) is 21.1 Å². The van der Waals surface area contributed by atoms with Gasteiger partial charge in [0, 0.05) is 11.4 Å². The van der Waals surface area contributed by atoms with E-state index in [9.17, 15) is 18.0 Å². The third kappa shape index (κ3) is 4.72. The van der Waals surface area contributed by atoms with Crippen LogP contribution in [0.1, 0.15) is 5.56 Å². The third-order valence-electron chi connectivity index (χ3n) is 4.54. The number of Topliss-reactive ketones (excluding diaryl/α,β-unsaturated/α-hetero) is 1. The molecule has 0 saturated carbocycles.